The molecule has 3 N–H and O–H groups in total. The number of hydrogen-bond acceptors (Lipinski definition) is 2. The first kappa shape index (κ1) is 12.7. The zero-order valence-electron chi connectivity index (χ0n) is 9.81. The van der Waals surface area contributed by atoms with E-state index in [2.05, 4.69) is 13.8 Å². The Kier molecular flexibility index (Phi) is 4.50. The van der Waals surface area contributed by atoms with Gasteiger partial charge in [-0.3, -0.25) is 4.79 Å². The number of carboxylic acid groups (broad SMARTS) is 1. The Morgan fingerprint density at radius 3 is 2.00 bits per heavy atom. The second kappa shape index (κ2) is 5.66. The highest BCUT2D eigenvalue weighted by Gasteiger charge is 2.14. The smallest absolute Gasteiger partial charge is 0.325 e. The van der Waals surface area contributed by atoms with Crippen LogP contribution in [0.2, 0.25) is 0 Å². The summed E-state index contributed by atoms with van der Waals surface area (Å²) in [5.74, 6) is -0.439. The van der Waals surface area contributed by atoms with E-state index in [-0.39, 0.29) is 0 Å². The molecule has 0 aromatic heterocycles. The highest BCUT2D eigenvalue weighted by molar-refractivity contribution is 5.75. The molecule has 0 radical (unpaired) electrons. The van der Waals surface area contributed by atoms with E-state index in [0.29, 0.717) is 11.5 Å². The van der Waals surface area contributed by atoms with E-state index in [1.165, 1.54) is 5.56 Å². The molecule has 0 aliphatic heterocycles. The van der Waals surface area contributed by atoms with Gasteiger partial charge < -0.3 is 10.8 Å². The summed E-state index contributed by atoms with van der Waals surface area (Å²) >= 11 is 0. The molecule has 0 heterocycles. The van der Waals surface area contributed by atoms with Crippen molar-refractivity contribution in [1.82, 2.24) is 0 Å². The van der Waals surface area contributed by atoms with Crippen molar-refractivity contribution in [3.05, 3.63) is 35.4 Å². The van der Waals surface area contributed by atoms with Crippen molar-refractivity contribution in [3.63, 3.8) is 0 Å². The quantitative estimate of drug-likeness (QED) is 0.803. The zero-order chi connectivity index (χ0) is 12.1. The van der Waals surface area contributed by atoms with E-state index >= 15 is 0 Å². The predicted molar refractivity (Wildman–Crippen MR) is 64.3 cm³/mol. The summed E-state index contributed by atoms with van der Waals surface area (Å²) in [5.41, 5.74) is 7.44. The summed E-state index contributed by atoms with van der Waals surface area (Å²) in [7, 11) is 0. The molecule has 1 rings (SSSR count). The monoisotopic (exact) mass is 221 g/mol. The lowest BCUT2D eigenvalue weighted by Crippen LogP contribution is -2.20. The molecular formula is C13H19NO2. The molecular weight excluding hydrogens is 202 g/mol. The van der Waals surface area contributed by atoms with Gasteiger partial charge in [-0.05, 0) is 29.9 Å². The fourth-order valence-corrected chi connectivity index (χ4v) is 1.88. The number of benzene rings is 1. The van der Waals surface area contributed by atoms with Crippen LogP contribution in [0.15, 0.2) is 24.3 Å². The molecule has 0 fully saturated rings. The minimum atomic E-state index is -0.990. The van der Waals surface area contributed by atoms with Crippen LogP contribution in [0.5, 0.6) is 0 Å². The number of rotatable bonds is 5. The van der Waals surface area contributed by atoms with E-state index in [0.717, 1.165) is 12.8 Å². The molecule has 16 heavy (non-hydrogen) atoms. The first-order valence-corrected chi connectivity index (χ1v) is 5.68. The molecule has 0 aliphatic rings. The van der Waals surface area contributed by atoms with Gasteiger partial charge in [-0.1, -0.05) is 38.1 Å². The molecule has 3 heteroatoms. The third-order valence-electron chi connectivity index (χ3n) is 3.02. The lowest BCUT2D eigenvalue weighted by Gasteiger charge is -2.14. The van der Waals surface area contributed by atoms with Gasteiger partial charge in [0.25, 0.3) is 0 Å². The largest absolute Gasteiger partial charge is 0.480 e. The molecule has 1 aromatic rings. The van der Waals surface area contributed by atoms with Gasteiger partial charge in [0.1, 0.15) is 6.04 Å². The number of nitrogens with two attached hydrogens (primary N) is 1. The molecule has 1 unspecified atom stereocenters. The molecule has 0 saturated heterocycles. The van der Waals surface area contributed by atoms with Crippen molar-refractivity contribution in [2.24, 2.45) is 5.73 Å². The van der Waals surface area contributed by atoms with Gasteiger partial charge in [0.15, 0.2) is 0 Å². The van der Waals surface area contributed by atoms with Gasteiger partial charge >= 0.3 is 5.97 Å². The summed E-state index contributed by atoms with van der Waals surface area (Å²) in [6, 6.07) is 6.67. The van der Waals surface area contributed by atoms with E-state index in [1.54, 1.807) is 0 Å². The maximum atomic E-state index is 10.7. The Hall–Kier alpha value is -1.35. The third kappa shape index (κ3) is 2.83. The Morgan fingerprint density at radius 2 is 1.62 bits per heavy atom. The highest BCUT2D eigenvalue weighted by Crippen LogP contribution is 2.24. The topological polar surface area (TPSA) is 63.3 Å². The Labute approximate surface area is 96.3 Å². The fraction of sp³-hybridized carbons (Fsp3) is 0.462. The van der Waals surface area contributed by atoms with E-state index < -0.39 is 12.0 Å². The van der Waals surface area contributed by atoms with Gasteiger partial charge in [0.05, 0.1) is 0 Å². The van der Waals surface area contributed by atoms with Crippen LogP contribution in [0.25, 0.3) is 0 Å². The lowest BCUT2D eigenvalue weighted by atomic mass is 9.92. The summed E-state index contributed by atoms with van der Waals surface area (Å²) in [6.45, 7) is 4.32. The first-order chi connectivity index (χ1) is 7.60. The van der Waals surface area contributed by atoms with Crippen LogP contribution in [-0.2, 0) is 4.79 Å². The van der Waals surface area contributed by atoms with Crippen LogP contribution >= 0.6 is 0 Å². The van der Waals surface area contributed by atoms with E-state index in [9.17, 15) is 4.79 Å². The number of carboxylic acids is 1. The standard InChI is InChI=1S/C13H19NO2/c1-3-9(4-2)10-5-7-11(8-6-10)12(14)13(15)16/h5-9,12H,3-4,14H2,1-2H3,(H,15,16). The molecule has 0 aliphatic carbocycles. The normalized spacial score (nSPS) is 12.8. The molecule has 3 nitrogen and oxygen atoms in total. The maximum absolute atomic E-state index is 10.7. The minimum absolute atomic E-state index is 0.551. The average Bonchev–Trinajstić information content (AvgIpc) is 2.30. The van der Waals surface area contributed by atoms with Crippen LogP contribution in [0.3, 0.4) is 0 Å². The third-order valence-corrected chi connectivity index (χ3v) is 3.02. The molecule has 1 atom stereocenters. The van der Waals surface area contributed by atoms with Crippen molar-refractivity contribution in [1.29, 1.82) is 0 Å². The van der Waals surface area contributed by atoms with E-state index in [4.69, 9.17) is 10.8 Å². The van der Waals surface area contributed by atoms with Crippen molar-refractivity contribution in [2.45, 2.75) is 38.6 Å². The number of carbonyl (C=O) groups is 1. The zero-order valence-corrected chi connectivity index (χ0v) is 9.81. The van der Waals surface area contributed by atoms with Crippen LogP contribution in [0, 0.1) is 0 Å². The van der Waals surface area contributed by atoms with Gasteiger partial charge in [-0.2, -0.15) is 0 Å². The Morgan fingerprint density at radius 1 is 1.19 bits per heavy atom. The van der Waals surface area contributed by atoms with Gasteiger partial charge in [0, 0.05) is 0 Å². The molecule has 88 valence electrons. The summed E-state index contributed by atoms with van der Waals surface area (Å²) in [5, 5.41) is 8.78. The summed E-state index contributed by atoms with van der Waals surface area (Å²) in [6.07, 6.45) is 2.20. The first-order valence-electron chi connectivity index (χ1n) is 5.68. The molecule has 0 amide bonds. The van der Waals surface area contributed by atoms with Gasteiger partial charge in [-0.15, -0.1) is 0 Å². The van der Waals surface area contributed by atoms with Crippen LogP contribution in [0.4, 0.5) is 0 Å². The second-order valence-electron chi connectivity index (χ2n) is 4.00. The number of hydrogen-bond donors (Lipinski definition) is 2. The second-order valence-corrected chi connectivity index (χ2v) is 4.00. The van der Waals surface area contributed by atoms with Crippen molar-refractivity contribution in [3.8, 4) is 0 Å². The van der Waals surface area contributed by atoms with Crippen molar-refractivity contribution >= 4 is 5.97 Å². The summed E-state index contributed by atoms with van der Waals surface area (Å²) in [4.78, 5) is 10.7. The molecule has 0 spiro atoms. The Bertz CT molecular complexity index is 341. The van der Waals surface area contributed by atoms with Crippen molar-refractivity contribution in [2.75, 3.05) is 0 Å². The van der Waals surface area contributed by atoms with E-state index in [1.807, 2.05) is 24.3 Å². The highest BCUT2D eigenvalue weighted by atomic mass is 16.4. The Balaban J connectivity index is 2.86. The molecule has 1 aromatic carbocycles. The SMILES string of the molecule is CCC(CC)c1ccc(C(N)C(=O)O)cc1. The van der Waals surface area contributed by atoms with Gasteiger partial charge in [0.2, 0.25) is 0 Å². The van der Waals surface area contributed by atoms with Crippen LogP contribution in [-0.4, -0.2) is 11.1 Å². The lowest BCUT2D eigenvalue weighted by molar-refractivity contribution is -0.138. The molecule has 0 saturated carbocycles. The summed E-state index contributed by atoms with van der Waals surface area (Å²) < 4.78 is 0. The predicted octanol–water partition coefficient (Wildman–Crippen LogP) is 2.67. The van der Waals surface area contributed by atoms with Crippen LogP contribution < -0.4 is 5.73 Å². The van der Waals surface area contributed by atoms with Gasteiger partial charge in [-0.25, -0.2) is 0 Å². The number of aliphatic carboxylic acids is 1. The average molecular weight is 221 g/mol. The maximum Gasteiger partial charge on any atom is 0.325 e. The van der Waals surface area contributed by atoms with Crippen LogP contribution in [0.1, 0.15) is 49.8 Å². The van der Waals surface area contributed by atoms with Crippen molar-refractivity contribution < 1.29 is 9.90 Å². The molecule has 0 bridgehead atoms. The minimum Gasteiger partial charge on any atom is -0.480 e. The fourth-order valence-electron chi connectivity index (χ4n) is 1.88.